The van der Waals surface area contributed by atoms with Gasteiger partial charge in [0.1, 0.15) is 0 Å². The Morgan fingerprint density at radius 1 is 1.42 bits per heavy atom. The van der Waals surface area contributed by atoms with E-state index in [1.165, 1.54) is 6.07 Å². The highest BCUT2D eigenvalue weighted by Gasteiger charge is 2.36. The molecule has 5 heteroatoms. The van der Waals surface area contributed by atoms with Crippen LogP contribution < -0.4 is 10.6 Å². The number of hydrogen-bond acceptors (Lipinski definition) is 3. The van der Waals surface area contributed by atoms with Gasteiger partial charge in [-0.15, -0.1) is 0 Å². The minimum absolute atomic E-state index is 0.0278. The van der Waals surface area contributed by atoms with Gasteiger partial charge in [0, 0.05) is 12.2 Å². The van der Waals surface area contributed by atoms with E-state index in [0.717, 1.165) is 13.0 Å². The molecule has 3 N–H and O–H groups in total. The Morgan fingerprint density at radius 2 is 2.16 bits per heavy atom. The Morgan fingerprint density at radius 3 is 2.68 bits per heavy atom. The maximum Gasteiger partial charge on any atom is 0.335 e. The SMILES string of the molecule is Cc1cc(NC(=O)C2(C)CCNC2)ccc1C(=O)O. The minimum atomic E-state index is -0.956. The highest BCUT2D eigenvalue weighted by atomic mass is 16.4. The molecule has 1 amide bonds. The fourth-order valence-corrected chi connectivity index (χ4v) is 2.27. The van der Waals surface area contributed by atoms with Gasteiger partial charge >= 0.3 is 5.97 Å². The number of hydrogen-bond donors (Lipinski definition) is 3. The first-order chi connectivity index (χ1) is 8.92. The van der Waals surface area contributed by atoms with Crippen molar-refractivity contribution in [2.75, 3.05) is 18.4 Å². The molecule has 1 aliphatic heterocycles. The molecule has 0 bridgehead atoms. The third kappa shape index (κ3) is 2.76. The molecule has 0 aliphatic carbocycles. The minimum Gasteiger partial charge on any atom is -0.478 e. The van der Waals surface area contributed by atoms with Crippen molar-refractivity contribution >= 4 is 17.6 Å². The van der Waals surface area contributed by atoms with Crippen molar-refractivity contribution in [3.63, 3.8) is 0 Å². The summed E-state index contributed by atoms with van der Waals surface area (Å²) in [5, 5.41) is 15.0. The summed E-state index contributed by atoms with van der Waals surface area (Å²) in [5.41, 5.74) is 1.15. The number of amides is 1. The van der Waals surface area contributed by atoms with Gasteiger partial charge in [-0.05, 0) is 50.6 Å². The van der Waals surface area contributed by atoms with Crippen LogP contribution in [0.1, 0.15) is 29.3 Å². The monoisotopic (exact) mass is 262 g/mol. The first-order valence-electron chi connectivity index (χ1n) is 6.28. The first-order valence-corrected chi connectivity index (χ1v) is 6.28. The lowest BCUT2D eigenvalue weighted by atomic mass is 9.88. The highest BCUT2D eigenvalue weighted by molar-refractivity contribution is 5.96. The molecule has 0 saturated carbocycles. The van der Waals surface area contributed by atoms with Crippen LogP contribution in [0.15, 0.2) is 18.2 Å². The Kier molecular flexibility index (Phi) is 3.57. The summed E-state index contributed by atoms with van der Waals surface area (Å²) < 4.78 is 0. The van der Waals surface area contributed by atoms with E-state index in [-0.39, 0.29) is 16.9 Å². The number of aryl methyl sites for hydroxylation is 1. The van der Waals surface area contributed by atoms with Gasteiger partial charge in [0.25, 0.3) is 0 Å². The number of carboxylic acids is 1. The summed E-state index contributed by atoms with van der Waals surface area (Å²) >= 11 is 0. The van der Waals surface area contributed by atoms with Crippen LogP contribution in [0.4, 0.5) is 5.69 Å². The lowest BCUT2D eigenvalue weighted by Crippen LogP contribution is -2.35. The number of anilines is 1. The summed E-state index contributed by atoms with van der Waals surface area (Å²) in [6.07, 6.45) is 0.811. The summed E-state index contributed by atoms with van der Waals surface area (Å²) in [5.74, 6) is -0.984. The number of rotatable bonds is 3. The Bertz CT molecular complexity index is 519. The number of nitrogens with one attached hydrogen (secondary N) is 2. The second kappa shape index (κ2) is 5.01. The van der Waals surface area contributed by atoms with Gasteiger partial charge in [-0.2, -0.15) is 0 Å². The lowest BCUT2D eigenvalue weighted by molar-refractivity contribution is -0.123. The van der Waals surface area contributed by atoms with Gasteiger partial charge in [0.2, 0.25) is 5.91 Å². The normalized spacial score (nSPS) is 22.2. The van der Waals surface area contributed by atoms with Crippen LogP contribution in [0.3, 0.4) is 0 Å². The average Bonchev–Trinajstić information content (AvgIpc) is 2.77. The van der Waals surface area contributed by atoms with Crippen molar-refractivity contribution in [3.8, 4) is 0 Å². The van der Waals surface area contributed by atoms with E-state index in [1.54, 1.807) is 19.1 Å². The molecule has 1 unspecified atom stereocenters. The first kappa shape index (κ1) is 13.5. The van der Waals surface area contributed by atoms with E-state index in [2.05, 4.69) is 10.6 Å². The summed E-state index contributed by atoms with van der Waals surface area (Å²) in [6, 6.07) is 4.83. The van der Waals surface area contributed by atoms with Crippen molar-refractivity contribution < 1.29 is 14.7 Å². The molecule has 0 radical (unpaired) electrons. The average molecular weight is 262 g/mol. The molecular weight excluding hydrogens is 244 g/mol. The van der Waals surface area contributed by atoms with E-state index < -0.39 is 5.97 Å². The molecule has 1 saturated heterocycles. The highest BCUT2D eigenvalue weighted by Crippen LogP contribution is 2.26. The van der Waals surface area contributed by atoms with Gasteiger partial charge in [0.05, 0.1) is 11.0 Å². The Balaban J connectivity index is 2.13. The summed E-state index contributed by atoms with van der Waals surface area (Å²) in [6.45, 7) is 5.17. The van der Waals surface area contributed by atoms with Crippen molar-refractivity contribution in [1.29, 1.82) is 0 Å². The van der Waals surface area contributed by atoms with Gasteiger partial charge in [0.15, 0.2) is 0 Å². The predicted octanol–water partition coefficient (Wildman–Crippen LogP) is 1.63. The Labute approximate surface area is 112 Å². The number of carbonyl (C=O) groups excluding carboxylic acids is 1. The fraction of sp³-hybridized carbons (Fsp3) is 0.429. The molecule has 1 fully saturated rings. The van der Waals surface area contributed by atoms with E-state index in [4.69, 9.17) is 5.11 Å². The van der Waals surface area contributed by atoms with E-state index in [1.807, 2.05) is 6.92 Å². The molecule has 5 nitrogen and oxygen atoms in total. The second-order valence-electron chi connectivity index (χ2n) is 5.28. The molecule has 2 rings (SSSR count). The van der Waals surface area contributed by atoms with E-state index >= 15 is 0 Å². The van der Waals surface area contributed by atoms with Crippen LogP contribution >= 0.6 is 0 Å². The summed E-state index contributed by atoms with van der Waals surface area (Å²) in [7, 11) is 0. The van der Waals surface area contributed by atoms with E-state index in [9.17, 15) is 9.59 Å². The van der Waals surface area contributed by atoms with Crippen LogP contribution in [0.25, 0.3) is 0 Å². The zero-order valence-electron chi connectivity index (χ0n) is 11.1. The molecule has 1 heterocycles. The molecule has 0 aromatic heterocycles. The molecule has 19 heavy (non-hydrogen) atoms. The third-order valence-corrected chi connectivity index (χ3v) is 3.63. The van der Waals surface area contributed by atoms with Gasteiger partial charge in [-0.3, -0.25) is 4.79 Å². The van der Waals surface area contributed by atoms with Crippen LogP contribution in [-0.4, -0.2) is 30.1 Å². The molecule has 102 valence electrons. The maximum absolute atomic E-state index is 12.2. The number of carbonyl (C=O) groups is 2. The molecular formula is C14H18N2O3. The van der Waals surface area contributed by atoms with Crippen molar-refractivity contribution in [1.82, 2.24) is 5.32 Å². The lowest BCUT2D eigenvalue weighted by Gasteiger charge is -2.21. The van der Waals surface area contributed by atoms with Crippen LogP contribution in [-0.2, 0) is 4.79 Å². The van der Waals surface area contributed by atoms with Crippen molar-refractivity contribution in [3.05, 3.63) is 29.3 Å². The van der Waals surface area contributed by atoms with Gasteiger partial charge in [-0.1, -0.05) is 0 Å². The van der Waals surface area contributed by atoms with Crippen LogP contribution in [0, 0.1) is 12.3 Å². The fourth-order valence-electron chi connectivity index (χ4n) is 2.27. The number of carboxylic acid groups (broad SMARTS) is 1. The maximum atomic E-state index is 12.2. The third-order valence-electron chi connectivity index (χ3n) is 3.63. The topological polar surface area (TPSA) is 78.4 Å². The molecule has 0 spiro atoms. The quantitative estimate of drug-likeness (QED) is 0.773. The molecule has 1 aromatic rings. The molecule has 1 aromatic carbocycles. The van der Waals surface area contributed by atoms with Gasteiger partial charge in [-0.25, -0.2) is 4.79 Å². The second-order valence-corrected chi connectivity index (χ2v) is 5.28. The van der Waals surface area contributed by atoms with Crippen LogP contribution in [0.5, 0.6) is 0 Å². The largest absolute Gasteiger partial charge is 0.478 e. The van der Waals surface area contributed by atoms with Crippen molar-refractivity contribution in [2.24, 2.45) is 5.41 Å². The molecule has 1 atom stereocenters. The van der Waals surface area contributed by atoms with Crippen molar-refractivity contribution in [2.45, 2.75) is 20.3 Å². The Hall–Kier alpha value is -1.88. The molecule has 1 aliphatic rings. The summed E-state index contributed by atoms with van der Waals surface area (Å²) in [4.78, 5) is 23.1. The zero-order chi connectivity index (χ0) is 14.0. The van der Waals surface area contributed by atoms with E-state index in [0.29, 0.717) is 17.8 Å². The van der Waals surface area contributed by atoms with Crippen LogP contribution in [0.2, 0.25) is 0 Å². The predicted molar refractivity (Wildman–Crippen MR) is 72.4 cm³/mol. The number of benzene rings is 1. The number of aromatic carboxylic acids is 1. The standard InChI is InChI=1S/C14H18N2O3/c1-9-7-10(3-4-11(9)12(17)18)16-13(19)14(2)5-6-15-8-14/h3-4,7,15H,5-6,8H2,1-2H3,(H,16,19)(H,17,18). The smallest absolute Gasteiger partial charge is 0.335 e. The van der Waals surface area contributed by atoms with Gasteiger partial charge < -0.3 is 15.7 Å². The zero-order valence-corrected chi connectivity index (χ0v) is 11.1.